The fraction of sp³-hybridized carbons (Fsp3) is 0.833. The molecule has 0 spiro atoms. The van der Waals surface area contributed by atoms with Gasteiger partial charge in [-0.2, -0.15) is 5.26 Å². The topological polar surface area (TPSA) is 33.0 Å². The number of rotatable bonds is 3. The summed E-state index contributed by atoms with van der Waals surface area (Å²) in [6.45, 7) is 5.01. The predicted octanol–water partition coefficient (Wildman–Crippen LogP) is 1.18. The van der Waals surface area contributed by atoms with Crippen LogP contribution in [-0.4, -0.2) is 13.2 Å². The van der Waals surface area contributed by atoms with Gasteiger partial charge >= 0.3 is 0 Å². The van der Waals surface area contributed by atoms with Gasteiger partial charge in [0.2, 0.25) is 0 Å². The van der Waals surface area contributed by atoms with E-state index in [1.54, 1.807) is 0 Å². The van der Waals surface area contributed by atoms with Crippen molar-refractivity contribution in [3.05, 3.63) is 0 Å². The molecule has 2 nitrogen and oxygen atoms in total. The average molecular weight is 113 g/mol. The van der Waals surface area contributed by atoms with Gasteiger partial charge in [0.15, 0.2) is 0 Å². The lowest BCUT2D eigenvalue weighted by Crippen LogP contribution is -2.01. The summed E-state index contributed by atoms with van der Waals surface area (Å²) in [7, 11) is 0. The smallest absolute Gasteiger partial charge is 0.133 e. The van der Waals surface area contributed by atoms with Crippen molar-refractivity contribution in [3.8, 4) is 6.07 Å². The van der Waals surface area contributed by atoms with E-state index in [2.05, 4.69) is 13.8 Å². The third kappa shape index (κ3) is 5.45. The summed E-state index contributed by atoms with van der Waals surface area (Å²) in [6.07, 6.45) is 0. The van der Waals surface area contributed by atoms with Crippen LogP contribution in [0.5, 0.6) is 0 Å². The van der Waals surface area contributed by atoms with Gasteiger partial charge in [-0.1, -0.05) is 13.8 Å². The molecule has 0 unspecified atom stereocenters. The first-order valence-corrected chi connectivity index (χ1v) is 2.72. The SMILES string of the molecule is CC(C)COCC#N. The molecule has 0 aromatic carbocycles. The molecule has 46 valence electrons. The maximum Gasteiger partial charge on any atom is 0.133 e. The second-order valence-electron chi connectivity index (χ2n) is 2.07. The van der Waals surface area contributed by atoms with Gasteiger partial charge in [-0.05, 0) is 5.92 Å². The number of nitriles is 1. The quantitative estimate of drug-likeness (QED) is 0.515. The number of nitrogens with zero attached hydrogens (tertiary/aromatic N) is 1. The predicted molar refractivity (Wildman–Crippen MR) is 31.3 cm³/mol. The highest BCUT2D eigenvalue weighted by molar-refractivity contribution is 4.66. The highest BCUT2D eigenvalue weighted by Gasteiger charge is 1.90. The maximum absolute atomic E-state index is 8.00. The highest BCUT2D eigenvalue weighted by Crippen LogP contribution is 1.90. The first-order valence-electron chi connectivity index (χ1n) is 2.72. The van der Waals surface area contributed by atoms with Crippen LogP contribution in [0.15, 0.2) is 0 Å². The molecule has 0 aliphatic carbocycles. The van der Waals surface area contributed by atoms with Gasteiger partial charge in [-0.15, -0.1) is 0 Å². The molecule has 0 aliphatic heterocycles. The van der Waals surface area contributed by atoms with Gasteiger partial charge in [0.25, 0.3) is 0 Å². The van der Waals surface area contributed by atoms with Crippen LogP contribution in [0.1, 0.15) is 13.8 Å². The lowest BCUT2D eigenvalue weighted by atomic mass is 10.2. The lowest BCUT2D eigenvalue weighted by molar-refractivity contribution is 0.138. The normalized spacial score (nSPS) is 9.25. The van der Waals surface area contributed by atoms with Gasteiger partial charge in [0, 0.05) is 0 Å². The molecule has 0 aromatic heterocycles. The molecular weight excluding hydrogens is 102 g/mol. The second kappa shape index (κ2) is 4.61. The van der Waals surface area contributed by atoms with Crippen molar-refractivity contribution in [2.24, 2.45) is 5.92 Å². The van der Waals surface area contributed by atoms with Gasteiger partial charge in [-0.3, -0.25) is 0 Å². The Morgan fingerprint density at radius 1 is 1.62 bits per heavy atom. The van der Waals surface area contributed by atoms with E-state index in [0.717, 1.165) is 0 Å². The van der Waals surface area contributed by atoms with Crippen LogP contribution in [-0.2, 0) is 4.74 Å². The highest BCUT2D eigenvalue weighted by atomic mass is 16.5. The van der Waals surface area contributed by atoms with Crippen molar-refractivity contribution in [3.63, 3.8) is 0 Å². The molecule has 0 amide bonds. The van der Waals surface area contributed by atoms with E-state index >= 15 is 0 Å². The molecule has 0 N–H and O–H groups in total. The first kappa shape index (κ1) is 7.45. The molecule has 0 fully saturated rings. The molecule has 0 heterocycles. The zero-order valence-corrected chi connectivity index (χ0v) is 5.35. The van der Waals surface area contributed by atoms with E-state index in [1.165, 1.54) is 0 Å². The van der Waals surface area contributed by atoms with Crippen molar-refractivity contribution in [2.75, 3.05) is 13.2 Å². The molecule has 0 rings (SSSR count). The molecule has 0 saturated heterocycles. The van der Waals surface area contributed by atoms with E-state index in [4.69, 9.17) is 10.00 Å². The van der Waals surface area contributed by atoms with E-state index in [1.807, 2.05) is 6.07 Å². The average Bonchev–Trinajstić information content (AvgIpc) is 1.66. The Balaban J connectivity index is 2.85. The third-order valence-corrected chi connectivity index (χ3v) is 0.618. The second-order valence-corrected chi connectivity index (χ2v) is 2.07. The molecule has 0 aromatic rings. The Labute approximate surface area is 50.1 Å². The van der Waals surface area contributed by atoms with E-state index < -0.39 is 0 Å². The minimum atomic E-state index is 0.220. The Morgan fingerprint density at radius 2 is 2.25 bits per heavy atom. The van der Waals surface area contributed by atoms with Crippen molar-refractivity contribution in [1.82, 2.24) is 0 Å². The summed E-state index contributed by atoms with van der Waals surface area (Å²) in [4.78, 5) is 0. The third-order valence-electron chi connectivity index (χ3n) is 0.618. The largest absolute Gasteiger partial charge is 0.366 e. The van der Waals surface area contributed by atoms with Gasteiger partial charge in [0.1, 0.15) is 6.61 Å². The molecule has 0 saturated carbocycles. The van der Waals surface area contributed by atoms with Gasteiger partial charge in [0.05, 0.1) is 12.7 Å². The number of hydrogen-bond acceptors (Lipinski definition) is 2. The summed E-state index contributed by atoms with van der Waals surface area (Å²) in [5.74, 6) is 0.531. The van der Waals surface area contributed by atoms with Crippen LogP contribution in [0.3, 0.4) is 0 Å². The van der Waals surface area contributed by atoms with Crippen LogP contribution < -0.4 is 0 Å². The fourth-order valence-corrected chi connectivity index (χ4v) is 0.340. The molecule has 2 heteroatoms. The van der Waals surface area contributed by atoms with Gasteiger partial charge < -0.3 is 4.74 Å². The minimum Gasteiger partial charge on any atom is -0.366 e. The number of hydrogen-bond donors (Lipinski definition) is 0. The Bertz CT molecular complexity index is 83.0. The molecular formula is C6H11NO. The van der Waals surface area contributed by atoms with Crippen molar-refractivity contribution in [1.29, 1.82) is 5.26 Å². The summed E-state index contributed by atoms with van der Waals surface area (Å²) in [5, 5.41) is 8.00. The lowest BCUT2D eigenvalue weighted by Gasteiger charge is -2.00. The molecule has 0 atom stereocenters. The van der Waals surface area contributed by atoms with Crippen LogP contribution in [0.2, 0.25) is 0 Å². The minimum absolute atomic E-state index is 0.220. The number of ether oxygens (including phenoxy) is 1. The van der Waals surface area contributed by atoms with Crippen LogP contribution in [0, 0.1) is 17.2 Å². The molecule has 0 aliphatic rings. The molecule has 0 bridgehead atoms. The van der Waals surface area contributed by atoms with E-state index in [-0.39, 0.29) is 6.61 Å². The van der Waals surface area contributed by atoms with Crippen LogP contribution >= 0.6 is 0 Å². The van der Waals surface area contributed by atoms with Gasteiger partial charge in [-0.25, -0.2) is 0 Å². The zero-order valence-electron chi connectivity index (χ0n) is 5.35. The molecule has 0 radical (unpaired) electrons. The summed E-state index contributed by atoms with van der Waals surface area (Å²) >= 11 is 0. The zero-order chi connectivity index (χ0) is 6.41. The fourth-order valence-electron chi connectivity index (χ4n) is 0.340. The summed E-state index contributed by atoms with van der Waals surface area (Å²) in [5.41, 5.74) is 0. The van der Waals surface area contributed by atoms with Crippen LogP contribution in [0.25, 0.3) is 0 Å². The van der Waals surface area contributed by atoms with Crippen molar-refractivity contribution < 1.29 is 4.74 Å². The standard InChI is InChI=1S/C6H11NO/c1-6(2)5-8-4-3-7/h6H,4-5H2,1-2H3. The molecule has 8 heavy (non-hydrogen) atoms. The Morgan fingerprint density at radius 3 is 2.62 bits per heavy atom. The van der Waals surface area contributed by atoms with E-state index in [0.29, 0.717) is 12.5 Å². The van der Waals surface area contributed by atoms with Crippen LogP contribution in [0.4, 0.5) is 0 Å². The first-order chi connectivity index (χ1) is 3.77. The summed E-state index contributed by atoms with van der Waals surface area (Å²) in [6, 6.07) is 1.90. The van der Waals surface area contributed by atoms with Crippen molar-refractivity contribution in [2.45, 2.75) is 13.8 Å². The van der Waals surface area contributed by atoms with E-state index in [9.17, 15) is 0 Å². The van der Waals surface area contributed by atoms with Crippen molar-refractivity contribution >= 4 is 0 Å². The summed E-state index contributed by atoms with van der Waals surface area (Å²) < 4.78 is 4.88. The maximum atomic E-state index is 8.00. The Kier molecular flexibility index (Phi) is 4.29. The Hall–Kier alpha value is -0.550. The monoisotopic (exact) mass is 113 g/mol.